The minimum atomic E-state index is -0.394. The van der Waals surface area contributed by atoms with E-state index in [1.807, 2.05) is 11.8 Å². The Hall–Kier alpha value is -2.09. The van der Waals surface area contributed by atoms with E-state index < -0.39 is 5.82 Å². The molecule has 1 amide bonds. The first-order valence-electron chi connectivity index (χ1n) is 7.89. The zero-order valence-corrected chi connectivity index (χ0v) is 14.1. The van der Waals surface area contributed by atoms with E-state index in [0.29, 0.717) is 22.5 Å². The number of thioether (sulfide) groups is 1. The van der Waals surface area contributed by atoms with Crippen molar-refractivity contribution in [3.05, 3.63) is 30.1 Å². The predicted molar refractivity (Wildman–Crippen MR) is 89.1 cm³/mol. The quantitative estimate of drug-likeness (QED) is 0.508. The van der Waals surface area contributed by atoms with Crippen molar-refractivity contribution in [3.63, 3.8) is 0 Å². The first-order chi connectivity index (χ1) is 11.5. The number of amides is 1. The number of likely N-dealkylation sites (tertiary alicyclic amines) is 1. The molecule has 0 radical (unpaired) electrons. The first-order valence-corrected chi connectivity index (χ1v) is 8.87. The van der Waals surface area contributed by atoms with Gasteiger partial charge >= 0.3 is 0 Å². The minimum absolute atomic E-state index is 0.204. The maximum Gasteiger partial charge on any atom is 0.231 e. The van der Waals surface area contributed by atoms with Gasteiger partial charge in [-0.25, -0.2) is 9.07 Å². The van der Waals surface area contributed by atoms with Crippen LogP contribution in [-0.2, 0) is 4.79 Å². The number of carbonyl (C=O) groups is 1. The van der Waals surface area contributed by atoms with Gasteiger partial charge < -0.3 is 10.7 Å². The Kier molecular flexibility index (Phi) is 3.52. The van der Waals surface area contributed by atoms with Crippen LogP contribution in [0.3, 0.4) is 0 Å². The van der Waals surface area contributed by atoms with Crippen molar-refractivity contribution in [2.45, 2.75) is 31.0 Å². The summed E-state index contributed by atoms with van der Waals surface area (Å²) in [5, 5.41) is 8.52. The van der Waals surface area contributed by atoms with Crippen LogP contribution in [0.15, 0.2) is 29.4 Å². The zero-order valence-electron chi connectivity index (χ0n) is 13.3. The van der Waals surface area contributed by atoms with E-state index in [1.54, 1.807) is 18.2 Å². The lowest BCUT2D eigenvalue weighted by Crippen LogP contribution is -2.61. The van der Waals surface area contributed by atoms with Gasteiger partial charge in [0.1, 0.15) is 5.82 Å². The van der Waals surface area contributed by atoms with E-state index in [4.69, 9.17) is 5.84 Å². The van der Waals surface area contributed by atoms with Crippen molar-refractivity contribution < 1.29 is 9.18 Å². The van der Waals surface area contributed by atoms with Crippen LogP contribution in [0.5, 0.6) is 0 Å². The van der Waals surface area contributed by atoms with E-state index in [0.717, 1.165) is 19.4 Å². The number of hydrogen-bond acceptors (Lipinski definition) is 5. The molecule has 2 aromatic rings. The van der Waals surface area contributed by atoms with Crippen molar-refractivity contribution >= 4 is 17.7 Å². The van der Waals surface area contributed by atoms with Crippen LogP contribution < -0.4 is 5.84 Å². The number of nitrogens with two attached hydrogens (primary N) is 1. The molecule has 2 heterocycles. The van der Waals surface area contributed by atoms with Gasteiger partial charge in [0.15, 0.2) is 5.82 Å². The number of hydrogen-bond donors (Lipinski definition) is 1. The van der Waals surface area contributed by atoms with Gasteiger partial charge in [-0.2, -0.15) is 0 Å². The molecule has 2 N–H and O–H groups in total. The second-order valence-electron chi connectivity index (χ2n) is 6.67. The molecule has 1 aromatic heterocycles. The molecule has 1 aliphatic heterocycles. The number of nitrogen functional groups attached to an aromatic ring is 1. The molecule has 126 valence electrons. The highest BCUT2D eigenvalue weighted by molar-refractivity contribution is 7.99. The molecule has 1 aliphatic carbocycles. The van der Waals surface area contributed by atoms with E-state index in [1.165, 1.54) is 22.5 Å². The van der Waals surface area contributed by atoms with Crippen LogP contribution in [0.4, 0.5) is 4.39 Å². The van der Waals surface area contributed by atoms with Crippen LogP contribution in [-0.4, -0.2) is 44.0 Å². The molecule has 1 saturated carbocycles. The van der Waals surface area contributed by atoms with Crippen LogP contribution >= 0.6 is 11.8 Å². The lowest BCUT2D eigenvalue weighted by Gasteiger charge is -2.46. The third kappa shape index (κ3) is 2.45. The molecule has 2 fully saturated rings. The SMILES string of the molecule is CC1(CSc2nnc(-c3ccccc3F)n2N)CN(C2CC2)C1=O. The number of nitrogens with zero attached hydrogens (tertiary/aromatic N) is 4. The van der Waals surface area contributed by atoms with E-state index in [-0.39, 0.29) is 17.1 Å². The molecular weight excluding hydrogens is 329 g/mol. The number of benzene rings is 1. The summed E-state index contributed by atoms with van der Waals surface area (Å²) < 4.78 is 15.2. The highest BCUT2D eigenvalue weighted by Crippen LogP contribution is 2.43. The summed E-state index contributed by atoms with van der Waals surface area (Å²) in [5.74, 6) is 6.69. The molecule has 1 saturated heterocycles. The fourth-order valence-corrected chi connectivity index (χ4v) is 3.97. The highest BCUT2D eigenvalue weighted by Gasteiger charge is 2.52. The molecule has 2 aliphatic rings. The van der Waals surface area contributed by atoms with E-state index in [2.05, 4.69) is 10.2 Å². The summed E-state index contributed by atoms with van der Waals surface area (Å²) >= 11 is 1.38. The van der Waals surface area contributed by atoms with Gasteiger partial charge in [0.05, 0.1) is 11.0 Å². The number of halogens is 1. The van der Waals surface area contributed by atoms with Gasteiger partial charge in [-0.15, -0.1) is 10.2 Å². The third-order valence-electron chi connectivity index (χ3n) is 4.58. The molecular formula is C16H18FN5OS. The van der Waals surface area contributed by atoms with Gasteiger partial charge in [-0.1, -0.05) is 23.9 Å². The van der Waals surface area contributed by atoms with Crippen LogP contribution in [0, 0.1) is 11.2 Å². The molecule has 8 heteroatoms. The monoisotopic (exact) mass is 347 g/mol. The maximum atomic E-state index is 13.9. The molecule has 24 heavy (non-hydrogen) atoms. The summed E-state index contributed by atoms with van der Waals surface area (Å²) in [6.07, 6.45) is 2.25. The van der Waals surface area contributed by atoms with Crippen molar-refractivity contribution in [1.29, 1.82) is 0 Å². The van der Waals surface area contributed by atoms with Gasteiger partial charge in [0, 0.05) is 18.3 Å². The number of aromatic nitrogens is 3. The largest absolute Gasteiger partial charge is 0.338 e. The van der Waals surface area contributed by atoms with Crippen molar-refractivity contribution in [2.24, 2.45) is 5.41 Å². The third-order valence-corrected chi connectivity index (χ3v) is 5.90. The number of carbonyl (C=O) groups excluding carboxylic acids is 1. The lowest BCUT2D eigenvalue weighted by molar-refractivity contribution is -0.156. The van der Waals surface area contributed by atoms with Gasteiger partial charge in [0.2, 0.25) is 11.1 Å². The van der Waals surface area contributed by atoms with Gasteiger partial charge in [0.25, 0.3) is 0 Å². The Morgan fingerprint density at radius 3 is 2.79 bits per heavy atom. The Bertz CT molecular complexity index is 806. The smallest absolute Gasteiger partial charge is 0.231 e. The summed E-state index contributed by atoms with van der Waals surface area (Å²) in [6, 6.07) is 6.76. The Labute approximate surface area is 143 Å². The Morgan fingerprint density at radius 1 is 1.38 bits per heavy atom. The fraction of sp³-hybridized carbons (Fsp3) is 0.438. The minimum Gasteiger partial charge on any atom is -0.338 e. The first kappa shape index (κ1) is 15.4. The molecule has 6 nitrogen and oxygen atoms in total. The van der Waals surface area contributed by atoms with Crippen LogP contribution in [0.1, 0.15) is 19.8 Å². The van der Waals surface area contributed by atoms with Gasteiger partial charge in [-0.3, -0.25) is 4.79 Å². The lowest BCUT2D eigenvalue weighted by atomic mass is 9.82. The van der Waals surface area contributed by atoms with Crippen molar-refractivity contribution in [2.75, 3.05) is 18.1 Å². The molecule has 1 atom stereocenters. The average Bonchev–Trinajstić information content (AvgIpc) is 3.35. The average molecular weight is 347 g/mol. The topological polar surface area (TPSA) is 77.0 Å². The summed E-state index contributed by atoms with van der Waals surface area (Å²) in [6.45, 7) is 2.75. The molecule has 1 aromatic carbocycles. The van der Waals surface area contributed by atoms with Crippen LogP contribution in [0.2, 0.25) is 0 Å². The molecule has 1 unspecified atom stereocenters. The zero-order chi connectivity index (χ0) is 16.9. The molecule has 0 spiro atoms. The summed E-state index contributed by atoms with van der Waals surface area (Å²) in [5.41, 5.74) is -0.0673. The second-order valence-corrected chi connectivity index (χ2v) is 7.61. The highest BCUT2D eigenvalue weighted by atomic mass is 32.2. The summed E-state index contributed by atoms with van der Waals surface area (Å²) in [4.78, 5) is 14.3. The van der Waals surface area contributed by atoms with Gasteiger partial charge in [-0.05, 0) is 31.9 Å². The van der Waals surface area contributed by atoms with Crippen LogP contribution in [0.25, 0.3) is 11.4 Å². The van der Waals surface area contributed by atoms with E-state index >= 15 is 0 Å². The fourth-order valence-electron chi connectivity index (χ4n) is 2.98. The molecule has 4 rings (SSSR count). The Balaban J connectivity index is 1.47. The number of rotatable bonds is 5. The van der Waals surface area contributed by atoms with E-state index in [9.17, 15) is 9.18 Å². The van der Waals surface area contributed by atoms with Crippen molar-refractivity contribution in [3.8, 4) is 11.4 Å². The summed E-state index contributed by atoms with van der Waals surface area (Å²) in [7, 11) is 0. The van der Waals surface area contributed by atoms with Crippen molar-refractivity contribution in [1.82, 2.24) is 19.8 Å². The number of β-lactam (4-membered cyclic amide) rings is 1. The standard InChI is InChI=1S/C16H18FN5OS/c1-16(8-21(14(16)23)10-6-7-10)9-24-15-20-19-13(22(15)18)11-4-2-3-5-12(11)17/h2-5,10H,6-9,18H2,1H3. The molecule has 0 bridgehead atoms. The predicted octanol–water partition coefficient (Wildman–Crippen LogP) is 1.90. The normalized spacial score (nSPS) is 23.4. The maximum absolute atomic E-state index is 13.9. The second kappa shape index (κ2) is 5.47. The Morgan fingerprint density at radius 2 is 2.12 bits per heavy atom.